The molecule has 3 amide bonds. The number of hydrogen-bond acceptors (Lipinski definition) is 3. The number of hydrogen-bond donors (Lipinski definition) is 2. The third-order valence-electron chi connectivity index (χ3n) is 5.32. The van der Waals surface area contributed by atoms with Gasteiger partial charge in [-0.1, -0.05) is 65.2 Å². The van der Waals surface area contributed by atoms with Gasteiger partial charge in [-0.2, -0.15) is 0 Å². The molecule has 0 aliphatic carbocycles. The summed E-state index contributed by atoms with van der Waals surface area (Å²) >= 11 is 0. The van der Waals surface area contributed by atoms with Crippen molar-refractivity contribution in [2.45, 2.75) is 110 Å². The van der Waals surface area contributed by atoms with E-state index in [4.69, 9.17) is 0 Å². The zero-order valence-electron chi connectivity index (χ0n) is 19.9. The maximum atomic E-state index is 12.1. The largest absolute Gasteiger partial charge is 0.356 e. The van der Waals surface area contributed by atoms with Gasteiger partial charge in [0.25, 0.3) is 0 Å². The third-order valence-corrected chi connectivity index (χ3v) is 5.32. The quantitative estimate of drug-likeness (QED) is 0.281. The van der Waals surface area contributed by atoms with Crippen LogP contribution in [0.3, 0.4) is 0 Å². The van der Waals surface area contributed by atoms with Crippen LogP contribution in [0.15, 0.2) is 0 Å². The van der Waals surface area contributed by atoms with Gasteiger partial charge in [0.1, 0.15) is 0 Å². The Morgan fingerprint density at radius 1 is 0.600 bits per heavy atom. The minimum Gasteiger partial charge on any atom is -0.356 e. The van der Waals surface area contributed by atoms with E-state index in [0.29, 0.717) is 45.2 Å². The van der Waals surface area contributed by atoms with Crippen molar-refractivity contribution in [2.75, 3.05) is 26.7 Å². The van der Waals surface area contributed by atoms with Crippen LogP contribution in [0.4, 0.5) is 0 Å². The molecule has 2 N–H and O–H groups in total. The fourth-order valence-corrected chi connectivity index (χ4v) is 3.28. The predicted octanol–water partition coefficient (Wildman–Crippen LogP) is 4.57. The summed E-state index contributed by atoms with van der Waals surface area (Å²) in [6.45, 7) is 6.27. The average molecular weight is 426 g/mol. The highest BCUT2D eigenvalue weighted by Crippen LogP contribution is 2.05. The van der Waals surface area contributed by atoms with E-state index in [1.807, 2.05) is 7.05 Å². The number of carbonyl (C=O) groups excluding carboxylic acids is 3. The van der Waals surface area contributed by atoms with Gasteiger partial charge in [-0.05, 0) is 25.7 Å². The molecule has 0 aliphatic rings. The van der Waals surface area contributed by atoms with Gasteiger partial charge in [0.2, 0.25) is 17.7 Å². The van der Waals surface area contributed by atoms with E-state index < -0.39 is 0 Å². The molecular weight excluding hydrogens is 378 g/mol. The number of carbonyl (C=O) groups is 3. The first-order valence-corrected chi connectivity index (χ1v) is 12.3. The Morgan fingerprint density at radius 3 is 1.63 bits per heavy atom. The highest BCUT2D eigenvalue weighted by molar-refractivity contribution is 5.77. The lowest BCUT2D eigenvalue weighted by Crippen LogP contribution is -2.30. The second kappa shape index (κ2) is 20.7. The average Bonchev–Trinajstić information content (AvgIpc) is 2.73. The van der Waals surface area contributed by atoms with E-state index in [1.54, 1.807) is 4.90 Å². The minimum absolute atomic E-state index is 0.0134. The first-order valence-electron chi connectivity index (χ1n) is 12.3. The highest BCUT2D eigenvalue weighted by atomic mass is 16.2. The van der Waals surface area contributed by atoms with E-state index >= 15 is 0 Å². The lowest BCUT2D eigenvalue weighted by Gasteiger charge is -2.17. The summed E-state index contributed by atoms with van der Waals surface area (Å²) in [5.41, 5.74) is 0. The molecule has 0 spiro atoms. The predicted molar refractivity (Wildman–Crippen MR) is 124 cm³/mol. The lowest BCUT2D eigenvalue weighted by atomic mass is 10.1. The molecule has 0 aliphatic heterocycles. The maximum absolute atomic E-state index is 12.1. The Labute approximate surface area is 184 Å². The number of amides is 3. The van der Waals surface area contributed by atoms with Gasteiger partial charge in [0.15, 0.2) is 0 Å². The Morgan fingerprint density at radius 2 is 1.07 bits per heavy atom. The zero-order valence-corrected chi connectivity index (χ0v) is 19.9. The van der Waals surface area contributed by atoms with Crippen LogP contribution in [0.5, 0.6) is 0 Å². The summed E-state index contributed by atoms with van der Waals surface area (Å²) in [4.78, 5) is 37.4. The van der Waals surface area contributed by atoms with Gasteiger partial charge >= 0.3 is 0 Å². The van der Waals surface area contributed by atoms with E-state index in [-0.39, 0.29) is 17.7 Å². The summed E-state index contributed by atoms with van der Waals surface area (Å²) in [7, 11) is 1.86. The van der Waals surface area contributed by atoms with Gasteiger partial charge < -0.3 is 15.5 Å². The topological polar surface area (TPSA) is 78.5 Å². The number of nitrogens with one attached hydrogen (secondary N) is 2. The Balaban J connectivity index is 3.55. The molecule has 6 nitrogen and oxygen atoms in total. The molecule has 0 atom stereocenters. The Bertz CT molecular complexity index is 455. The maximum Gasteiger partial charge on any atom is 0.222 e. The molecule has 0 rings (SSSR count). The summed E-state index contributed by atoms with van der Waals surface area (Å²) in [5, 5.41) is 5.75. The second-order valence-electron chi connectivity index (χ2n) is 8.30. The molecule has 0 aromatic rings. The molecule has 0 aromatic carbocycles. The van der Waals surface area contributed by atoms with Gasteiger partial charge in [0, 0.05) is 45.9 Å². The van der Waals surface area contributed by atoms with Crippen molar-refractivity contribution in [3.05, 3.63) is 0 Å². The van der Waals surface area contributed by atoms with Crippen LogP contribution in [-0.4, -0.2) is 49.3 Å². The summed E-state index contributed by atoms with van der Waals surface area (Å²) in [6, 6.07) is 0. The molecule has 6 heteroatoms. The fourth-order valence-electron chi connectivity index (χ4n) is 3.28. The van der Waals surface area contributed by atoms with Crippen molar-refractivity contribution in [1.82, 2.24) is 15.5 Å². The SMILES string of the molecule is CCCCCCCC(=O)NCCCC(=O)NCCCC(=O)N(C)CCCCCCC. The molecule has 0 saturated carbocycles. The van der Waals surface area contributed by atoms with Crippen LogP contribution in [0, 0.1) is 0 Å². The minimum atomic E-state index is -0.0134. The molecule has 0 bridgehead atoms. The monoisotopic (exact) mass is 425 g/mol. The fraction of sp³-hybridized carbons (Fsp3) is 0.875. The van der Waals surface area contributed by atoms with Crippen LogP contribution in [0.25, 0.3) is 0 Å². The molecule has 0 unspecified atom stereocenters. The van der Waals surface area contributed by atoms with E-state index in [9.17, 15) is 14.4 Å². The molecule has 0 fully saturated rings. The molecule has 30 heavy (non-hydrogen) atoms. The van der Waals surface area contributed by atoms with Gasteiger partial charge in [-0.3, -0.25) is 14.4 Å². The molecule has 176 valence electrons. The van der Waals surface area contributed by atoms with Crippen LogP contribution in [0.2, 0.25) is 0 Å². The second-order valence-corrected chi connectivity index (χ2v) is 8.30. The Kier molecular flexibility index (Phi) is 19.6. The zero-order chi connectivity index (χ0) is 22.5. The summed E-state index contributed by atoms with van der Waals surface area (Å²) < 4.78 is 0. The van der Waals surface area contributed by atoms with Crippen LogP contribution in [-0.2, 0) is 14.4 Å². The first kappa shape index (κ1) is 28.4. The van der Waals surface area contributed by atoms with Gasteiger partial charge in [-0.15, -0.1) is 0 Å². The number of unbranched alkanes of at least 4 members (excludes halogenated alkanes) is 8. The van der Waals surface area contributed by atoms with Crippen LogP contribution >= 0.6 is 0 Å². The summed E-state index contributed by atoms with van der Waals surface area (Å²) in [5.74, 6) is 0.220. The lowest BCUT2D eigenvalue weighted by molar-refractivity contribution is -0.130. The molecule has 0 aromatic heterocycles. The normalized spacial score (nSPS) is 10.6. The smallest absolute Gasteiger partial charge is 0.222 e. The van der Waals surface area contributed by atoms with Crippen molar-refractivity contribution < 1.29 is 14.4 Å². The van der Waals surface area contributed by atoms with Gasteiger partial charge in [-0.25, -0.2) is 0 Å². The van der Waals surface area contributed by atoms with Crippen molar-refractivity contribution in [2.24, 2.45) is 0 Å². The molecule has 0 radical (unpaired) electrons. The van der Waals surface area contributed by atoms with Crippen molar-refractivity contribution >= 4 is 17.7 Å². The molecular formula is C24H47N3O3. The van der Waals surface area contributed by atoms with Crippen molar-refractivity contribution in [1.29, 1.82) is 0 Å². The molecule has 0 heterocycles. The van der Waals surface area contributed by atoms with E-state index in [1.165, 1.54) is 44.9 Å². The van der Waals surface area contributed by atoms with Crippen molar-refractivity contribution in [3.8, 4) is 0 Å². The highest BCUT2D eigenvalue weighted by Gasteiger charge is 2.08. The standard InChI is InChI=1S/C24H47N3O3/c1-4-6-8-10-12-16-22(28)25-19-14-17-23(29)26-20-15-18-24(30)27(3)21-13-11-9-7-5-2/h4-21H2,1-3H3,(H,25,28)(H,26,29). The molecule has 0 saturated heterocycles. The van der Waals surface area contributed by atoms with Crippen LogP contribution < -0.4 is 10.6 Å². The van der Waals surface area contributed by atoms with Crippen LogP contribution in [0.1, 0.15) is 110 Å². The van der Waals surface area contributed by atoms with E-state index in [0.717, 1.165) is 25.8 Å². The summed E-state index contributed by atoms with van der Waals surface area (Å²) in [6.07, 6.45) is 14.5. The Hall–Kier alpha value is -1.59. The number of rotatable bonds is 20. The van der Waals surface area contributed by atoms with Crippen molar-refractivity contribution in [3.63, 3.8) is 0 Å². The number of nitrogens with zero attached hydrogens (tertiary/aromatic N) is 1. The first-order chi connectivity index (χ1) is 14.5. The van der Waals surface area contributed by atoms with E-state index in [2.05, 4.69) is 24.5 Å². The third kappa shape index (κ3) is 18.4. The van der Waals surface area contributed by atoms with Gasteiger partial charge in [0.05, 0.1) is 0 Å².